The molecule has 0 atom stereocenters. The molecule has 22 heavy (non-hydrogen) atoms. The van der Waals surface area contributed by atoms with Gasteiger partial charge in [-0.05, 0) is 48.6 Å². The third kappa shape index (κ3) is 3.42. The number of benzene rings is 1. The quantitative estimate of drug-likeness (QED) is 0.688. The monoisotopic (exact) mass is 376 g/mol. The summed E-state index contributed by atoms with van der Waals surface area (Å²) in [4.78, 5) is 16.8. The van der Waals surface area contributed by atoms with Crippen LogP contribution in [0.15, 0.2) is 40.2 Å². The highest BCUT2D eigenvalue weighted by molar-refractivity contribution is 9.10. The lowest BCUT2D eigenvalue weighted by Gasteiger charge is -2.05. The predicted octanol–water partition coefficient (Wildman–Crippen LogP) is 4.20. The van der Waals surface area contributed by atoms with Crippen molar-refractivity contribution in [1.29, 1.82) is 0 Å². The first kappa shape index (κ1) is 15.3. The number of hydrogen-bond acceptors (Lipinski definition) is 2. The van der Waals surface area contributed by atoms with Gasteiger partial charge in [-0.25, -0.2) is 0 Å². The molecule has 0 radical (unpaired) electrons. The second-order valence-corrected chi connectivity index (χ2v) is 7.22. The van der Waals surface area contributed by atoms with Crippen LogP contribution in [0.25, 0.3) is 10.9 Å². The average molecular weight is 377 g/mol. The Labute approximate surface area is 141 Å². The normalized spacial score (nSPS) is 11.0. The van der Waals surface area contributed by atoms with Gasteiger partial charge in [0.05, 0.1) is 6.42 Å². The number of aryl methyl sites for hydroxylation is 1. The standard InChI is InChI=1S/C17H17BrN2OS/c1-11-14(15-9-12(18)4-5-16(15)20-11)10-17(21)19-7-6-13-3-2-8-22-13/h2-5,8-9,20H,6-7,10H2,1H3,(H,19,21). The summed E-state index contributed by atoms with van der Waals surface area (Å²) < 4.78 is 1.03. The van der Waals surface area contributed by atoms with Crippen LogP contribution in [0.4, 0.5) is 0 Å². The van der Waals surface area contributed by atoms with Gasteiger partial charge in [0.1, 0.15) is 0 Å². The fourth-order valence-corrected chi connectivity index (χ4v) is 3.66. The summed E-state index contributed by atoms with van der Waals surface area (Å²) in [6.45, 7) is 2.70. The molecule has 2 aromatic heterocycles. The molecule has 5 heteroatoms. The summed E-state index contributed by atoms with van der Waals surface area (Å²) in [5.74, 6) is 0.0699. The van der Waals surface area contributed by atoms with Gasteiger partial charge in [-0.2, -0.15) is 0 Å². The SMILES string of the molecule is Cc1[nH]c2ccc(Br)cc2c1CC(=O)NCCc1cccs1. The Balaban J connectivity index is 1.66. The number of rotatable bonds is 5. The van der Waals surface area contributed by atoms with Gasteiger partial charge in [0.15, 0.2) is 0 Å². The third-order valence-electron chi connectivity index (χ3n) is 3.69. The van der Waals surface area contributed by atoms with Crippen molar-refractivity contribution in [2.24, 2.45) is 0 Å². The Bertz CT molecular complexity index is 792. The maximum absolute atomic E-state index is 12.2. The number of hydrogen-bond donors (Lipinski definition) is 2. The predicted molar refractivity (Wildman–Crippen MR) is 95.5 cm³/mol. The van der Waals surface area contributed by atoms with Gasteiger partial charge in [0.2, 0.25) is 5.91 Å². The lowest BCUT2D eigenvalue weighted by atomic mass is 10.1. The highest BCUT2D eigenvalue weighted by Gasteiger charge is 2.12. The van der Waals surface area contributed by atoms with Gasteiger partial charge < -0.3 is 10.3 Å². The first-order valence-electron chi connectivity index (χ1n) is 7.19. The average Bonchev–Trinajstić information content (AvgIpc) is 3.09. The minimum atomic E-state index is 0.0699. The third-order valence-corrected chi connectivity index (χ3v) is 5.12. The van der Waals surface area contributed by atoms with Crippen LogP contribution >= 0.6 is 27.3 Å². The largest absolute Gasteiger partial charge is 0.358 e. The van der Waals surface area contributed by atoms with Crippen molar-refractivity contribution < 1.29 is 4.79 Å². The highest BCUT2D eigenvalue weighted by atomic mass is 79.9. The van der Waals surface area contributed by atoms with E-state index in [1.807, 2.05) is 25.1 Å². The number of amides is 1. The molecule has 0 aliphatic heterocycles. The molecular weight excluding hydrogens is 360 g/mol. The zero-order valence-corrected chi connectivity index (χ0v) is 14.7. The maximum atomic E-state index is 12.2. The highest BCUT2D eigenvalue weighted by Crippen LogP contribution is 2.25. The molecule has 0 bridgehead atoms. The molecule has 2 heterocycles. The first-order chi connectivity index (χ1) is 10.6. The summed E-state index contributed by atoms with van der Waals surface area (Å²) in [6, 6.07) is 10.2. The smallest absolute Gasteiger partial charge is 0.224 e. The van der Waals surface area contributed by atoms with Gasteiger partial charge in [0, 0.05) is 32.5 Å². The molecule has 0 saturated heterocycles. The number of aromatic amines is 1. The van der Waals surface area contributed by atoms with Gasteiger partial charge >= 0.3 is 0 Å². The van der Waals surface area contributed by atoms with Crippen molar-refractivity contribution in [3.8, 4) is 0 Å². The van der Waals surface area contributed by atoms with Crippen molar-refractivity contribution in [1.82, 2.24) is 10.3 Å². The molecule has 3 rings (SSSR count). The summed E-state index contributed by atoms with van der Waals surface area (Å²) in [5, 5.41) is 6.18. The minimum absolute atomic E-state index is 0.0699. The summed E-state index contributed by atoms with van der Waals surface area (Å²) >= 11 is 5.22. The number of thiophene rings is 1. The Morgan fingerprint density at radius 1 is 1.36 bits per heavy atom. The second kappa shape index (κ2) is 6.67. The molecule has 0 unspecified atom stereocenters. The molecule has 0 saturated carbocycles. The van der Waals surface area contributed by atoms with Crippen molar-refractivity contribution in [3.63, 3.8) is 0 Å². The van der Waals surface area contributed by atoms with Gasteiger partial charge in [-0.15, -0.1) is 11.3 Å². The summed E-state index contributed by atoms with van der Waals surface area (Å²) in [5.41, 5.74) is 3.20. The van der Waals surface area contributed by atoms with E-state index in [1.54, 1.807) is 11.3 Å². The van der Waals surface area contributed by atoms with E-state index in [-0.39, 0.29) is 5.91 Å². The fraction of sp³-hybridized carbons (Fsp3) is 0.235. The fourth-order valence-electron chi connectivity index (χ4n) is 2.59. The summed E-state index contributed by atoms with van der Waals surface area (Å²) in [7, 11) is 0. The van der Waals surface area contributed by atoms with Gasteiger partial charge in [0.25, 0.3) is 0 Å². The van der Waals surface area contributed by atoms with Gasteiger partial charge in [-0.3, -0.25) is 4.79 Å². The van der Waals surface area contributed by atoms with Crippen LogP contribution in [0.1, 0.15) is 16.1 Å². The summed E-state index contributed by atoms with van der Waals surface area (Å²) in [6.07, 6.45) is 1.30. The van der Waals surface area contributed by atoms with E-state index in [0.717, 1.165) is 33.1 Å². The van der Waals surface area contributed by atoms with Crippen LogP contribution in [0, 0.1) is 6.92 Å². The zero-order chi connectivity index (χ0) is 15.5. The van der Waals surface area contributed by atoms with Crippen molar-refractivity contribution >= 4 is 44.1 Å². The Hall–Kier alpha value is -1.59. The van der Waals surface area contributed by atoms with Gasteiger partial charge in [-0.1, -0.05) is 22.0 Å². The number of aromatic nitrogens is 1. The van der Waals surface area contributed by atoms with E-state index in [0.29, 0.717) is 13.0 Å². The topological polar surface area (TPSA) is 44.9 Å². The van der Waals surface area contributed by atoms with Crippen LogP contribution in [0.5, 0.6) is 0 Å². The van der Waals surface area contributed by atoms with E-state index in [2.05, 4.69) is 43.7 Å². The van der Waals surface area contributed by atoms with Crippen LogP contribution < -0.4 is 5.32 Å². The van der Waals surface area contributed by atoms with Crippen LogP contribution in [-0.2, 0) is 17.6 Å². The lowest BCUT2D eigenvalue weighted by molar-refractivity contribution is -0.120. The molecular formula is C17H17BrN2OS. The van der Waals surface area contributed by atoms with Crippen molar-refractivity contribution in [2.75, 3.05) is 6.54 Å². The first-order valence-corrected chi connectivity index (χ1v) is 8.86. The van der Waals surface area contributed by atoms with Crippen molar-refractivity contribution in [3.05, 3.63) is 56.3 Å². The molecule has 1 aromatic carbocycles. The minimum Gasteiger partial charge on any atom is -0.358 e. The number of carbonyl (C=O) groups excluding carboxylic acids is 1. The van der Waals surface area contributed by atoms with E-state index in [9.17, 15) is 4.79 Å². The second-order valence-electron chi connectivity index (χ2n) is 5.27. The number of halogens is 1. The molecule has 1 amide bonds. The van der Waals surface area contributed by atoms with Crippen LogP contribution in [-0.4, -0.2) is 17.4 Å². The van der Waals surface area contributed by atoms with Crippen LogP contribution in [0.2, 0.25) is 0 Å². The van der Waals surface area contributed by atoms with E-state index >= 15 is 0 Å². The molecule has 2 N–H and O–H groups in total. The number of nitrogens with one attached hydrogen (secondary N) is 2. The number of carbonyl (C=O) groups is 1. The molecule has 3 aromatic rings. The number of H-pyrrole nitrogens is 1. The Kier molecular flexibility index (Phi) is 4.64. The molecule has 0 aliphatic carbocycles. The molecule has 0 spiro atoms. The van der Waals surface area contributed by atoms with Crippen molar-refractivity contribution in [2.45, 2.75) is 19.8 Å². The lowest BCUT2D eigenvalue weighted by Crippen LogP contribution is -2.27. The molecule has 114 valence electrons. The molecule has 0 aliphatic rings. The molecule has 0 fully saturated rings. The Morgan fingerprint density at radius 3 is 3.00 bits per heavy atom. The Morgan fingerprint density at radius 2 is 2.23 bits per heavy atom. The van der Waals surface area contributed by atoms with E-state index < -0.39 is 0 Å². The maximum Gasteiger partial charge on any atom is 0.224 e. The van der Waals surface area contributed by atoms with E-state index in [4.69, 9.17) is 0 Å². The zero-order valence-electron chi connectivity index (χ0n) is 12.3. The number of fused-ring (bicyclic) bond motifs is 1. The van der Waals surface area contributed by atoms with E-state index in [1.165, 1.54) is 4.88 Å². The van der Waals surface area contributed by atoms with Crippen LogP contribution in [0.3, 0.4) is 0 Å². The molecule has 3 nitrogen and oxygen atoms in total.